The molecule has 2 aromatic rings. The third-order valence-corrected chi connectivity index (χ3v) is 5.21. The molecule has 0 aliphatic carbocycles. The Balaban J connectivity index is 1.82. The number of aryl methyl sites for hydroxylation is 3. The molecule has 1 N–H and O–H groups in total. The Kier molecular flexibility index (Phi) is 4.35. The fraction of sp³-hybridized carbons (Fsp3) is 0.474. The summed E-state index contributed by atoms with van der Waals surface area (Å²) in [6.45, 7) is 8.66. The Labute approximate surface area is 142 Å². The normalized spacial score (nSPS) is 17.5. The summed E-state index contributed by atoms with van der Waals surface area (Å²) < 4.78 is 1.42. The number of H-pyrrole nitrogens is 1. The maximum Gasteiger partial charge on any atom is 0.270 e. The van der Waals surface area contributed by atoms with Gasteiger partial charge in [-0.2, -0.15) is 0 Å². The van der Waals surface area contributed by atoms with E-state index in [9.17, 15) is 9.59 Å². The molecule has 5 heteroatoms. The van der Waals surface area contributed by atoms with Gasteiger partial charge in [0.1, 0.15) is 6.54 Å². The van der Waals surface area contributed by atoms with Gasteiger partial charge in [0, 0.05) is 17.8 Å². The third-order valence-electron chi connectivity index (χ3n) is 5.21. The van der Waals surface area contributed by atoms with Crippen molar-refractivity contribution in [3.8, 4) is 0 Å². The molecule has 0 bridgehead atoms. The van der Waals surface area contributed by atoms with E-state index in [2.05, 4.69) is 37.1 Å². The third kappa shape index (κ3) is 2.90. The largest absolute Gasteiger partial charge is 0.334 e. The lowest BCUT2D eigenvalue weighted by atomic mass is 9.99. The number of hydrogen-bond acceptors (Lipinski definition) is 2. The van der Waals surface area contributed by atoms with Crippen LogP contribution in [-0.4, -0.2) is 27.1 Å². The predicted molar refractivity (Wildman–Crippen MR) is 94.1 cm³/mol. The van der Waals surface area contributed by atoms with E-state index in [0.717, 1.165) is 25.1 Å². The second kappa shape index (κ2) is 6.30. The quantitative estimate of drug-likeness (QED) is 0.942. The fourth-order valence-corrected chi connectivity index (χ4v) is 3.42. The molecule has 1 fully saturated rings. The SMILES string of the molecule is Cc1ccc(C2CCCN2C(=O)Cn2[nH]c(C)c(C)c2=O)cc1C. The number of nitrogens with one attached hydrogen (secondary N) is 1. The highest BCUT2D eigenvalue weighted by molar-refractivity contribution is 5.76. The van der Waals surface area contributed by atoms with Gasteiger partial charge in [-0.25, -0.2) is 4.68 Å². The van der Waals surface area contributed by atoms with Crippen LogP contribution in [0.2, 0.25) is 0 Å². The highest BCUT2D eigenvalue weighted by Crippen LogP contribution is 2.32. The van der Waals surface area contributed by atoms with Crippen LogP contribution in [0.25, 0.3) is 0 Å². The number of benzene rings is 1. The summed E-state index contributed by atoms with van der Waals surface area (Å²) in [5.41, 5.74) is 5.09. The highest BCUT2D eigenvalue weighted by atomic mass is 16.2. The molecule has 1 unspecified atom stereocenters. The van der Waals surface area contributed by atoms with E-state index in [4.69, 9.17) is 0 Å². The van der Waals surface area contributed by atoms with Gasteiger partial charge >= 0.3 is 0 Å². The first-order valence-electron chi connectivity index (χ1n) is 8.51. The molecule has 3 rings (SSSR count). The molecule has 128 valence electrons. The number of nitrogens with zero attached hydrogens (tertiary/aromatic N) is 2. The lowest BCUT2D eigenvalue weighted by molar-refractivity contribution is -0.133. The van der Waals surface area contributed by atoms with Crippen LogP contribution in [0, 0.1) is 27.7 Å². The van der Waals surface area contributed by atoms with Gasteiger partial charge in [0.25, 0.3) is 5.56 Å². The van der Waals surface area contributed by atoms with E-state index in [1.807, 2.05) is 11.8 Å². The predicted octanol–water partition coefficient (Wildman–Crippen LogP) is 2.77. The number of aromatic amines is 1. The maximum absolute atomic E-state index is 12.8. The molecule has 1 amide bonds. The molecule has 0 spiro atoms. The molecule has 1 aromatic heterocycles. The Morgan fingerprint density at radius 3 is 2.58 bits per heavy atom. The zero-order valence-electron chi connectivity index (χ0n) is 14.8. The maximum atomic E-state index is 12.8. The van der Waals surface area contributed by atoms with Crippen LogP contribution in [0.4, 0.5) is 0 Å². The molecule has 0 radical (unpaired) electrons. The Bertz CT molecular complexity index is 832. The van der Waals surface area contributed by atoms with Crippen LogP contribution in [0.1, 0.15) is 46.8 Å². The van der Waals surface area contributed by atoms with Gasteiger partial charge in [0.2, 0.25) is 5.91 Å². The van der Waals surface area contributed by atoms with Crippen molar-refractivity contribution >= 4 is 5.91 Å². The number of rotatable bonds is 3. The average Bonchev–Trinajstić information content (AvgIpc) is 3.12. The van der Waals surface area contributed by atoms with Crippen molar-refractivity contribution in [2.24, 2.45) is 0 Å². The van der Waals surface area contributed by atoms with Crippen molar-refractivity contribution < 1.29 is 4.79 Å². The van der Waals surface area contributed by atoms with Crippen LogP contribution in [0.15, 0.2) is 23.0 Å². The second-order valence-electron chi connectivity index (χ2n) is 6.84. The van der Waals surface area contributed by atoms with Crippen LogP contribution in [0.5, 0.6) is 0 Å². The number of carbonyl (C=O) groups excluding carboxylic acids is 1. The molecule has 1 atom stereocenters. The van der Waals surface area contributed by atoms with Gasteiger partial charge in [0.15, 0.2) is 0 Å². The van der Waals surface area contributed by atoms with E-state index in [1.165, 1.54) is 21.4 Å². The Morgan fingerprint density at radius 1 is 1.21 bits per heavy atom. The highest BCUT2D eigenvalue weighted by Gasteiger charge is 2.30. The zero-order chi connectivity index (χ0) is 17.4. The standard InChI is InChI=1S/C19H25N3O2/c1-12-7-8-16(10-13(12)2)17-6-5-9-21(17)18(23)11-22-19(24)14(3)15(4)20-22/h7-8,10,17,20H,5-6,9,11H2,1-4H3. The lowest BCUT2D eigenvalue weighted by Crippen LogP contribution is -2.36. The van der Waals surface area contributed by atoms with Crippen LogP contribution < -0.4 is 5.56 Å². The molecule has 0 saturated carbocycles. The lowest BCUT2D eigenvalue weighted by Gasteiger charge is -2.25. The summed E-state index contributed by atoms with van der Waals surface area (Å²) in [6, 6.07) is 6.53. The second-order valence-corrected chi connectivity index (χ2v) is 6.84. The molecule has 1 aromatic carbocycles. The van der Waals surface area contributed by atoms with Crippen LogP contribution >= 0.6 is 0 Å². The number of aromatic nitrogens is 2. The minimum absolute atomic E-state index is 0.000854. The average molecular weight is 327 g/mol. The van der Waals surface area contributed by atoms with Crippen molar-refractivity contribution in [3.05, 3.63) is 56.5 Å². The summed E-state index contributed by atoms with van der Waals surface area (Å²) in [5, 5.41) is 2.99. The first-order valence-corrected chi connectivity index (χ1v) is 8.51. The molecular formula is C19H25N3O2. The fourth-order valence-electron chi connectivity index (χ4n) is 3.42. The summed E-state index contributed by atoms with van der Waals surface area (Å²) >= 11 is 0. The minimum atomic E-state index is -0.109. The zero-order valence-corrected chi connectivity index (χ0v) is 14.8. The van der Waals surface area contributed by atoms with Crippen molar-refractivity contribution in [2.75, 3.05) is 6.54 Å². The summed E-state index contributed by atoms with van der Waals surface area (Å²) in [7, 11) is 0. The first-order chi connectivity index (χ1) is 11.4. The van der Waals surface area contributed by atoms with Crippen LogP contribution in [-0.2, 0) is 11.3 Å². The van der Waals surface area contributed by atoms with Gasteiger partial charge < -0.3 is 4.90 Å². The molecule has 1 aliphatic rings. The van der Waals surface area contributed by atoms with Gasteiger partial charge in [-0.1, -0.05) is 18.2 Å². The van der Waals surface area contributed by atoms with Gasteiger partial charge in [-0.15, -0.1) is 0 Å². The van der Waals surface area contributed by atoms with Crippen LogP contribution in [0.3, 0.4) is 0 Å². The van der Waals surface area contributed by atoms with Gasteiger partial charge in [0.05, 0.1) is 6.04 Å². The van der Waals surface area contributed by atoms with Crippen molar-refractivity contribution in [1.82, 2.24) is 14.7 Å². The van der Waals surface area contributed by atoms with Crippen molar-refractivity contribution in [2.45, 2.75) is 53.1 Å². The summed E-state index contributed by atoms with van der Waals surface area (Å²) in [6.07, 6.45) is 1.98. The molecule has 5 nitrogen and oxygen atoms in total. The number of hydrogen-bond donors (Lipinski definition) is 1. The topological polar surface area (TPSA) is 58.1 Å². The van der Waals surface area contributed by atoms with E-state index in [1.54, 1.807) is 6.92 Å². The summed E-state index contributed by atoms with van der Waals surface area (Å²) in [4.78, 5) is 26.8. The van der Waals surface area contributed by atoms with Crippen molar-refractivity contribution in [3.63, 3.8) is 0 Å². The first kappa shape index (κ1) is 16.6. The number of carbonyl (C=O) groups is 1. The van der Waals surface area contributed by atoms with Crippen molar-refractivity contribution in [1.29, 1.82) is 0 Å². The molecule has 1 aliphatic heterocycles. The van der Waals surface area contributed by atoms with E-state index < -0.39 is 0 Å². The molecule has 24 heavy (non-hydrogen) atoms. The smallest absolute Gasteiger partial charge is 0.270 e. The minimum Gasteiger partial charge on any atom is -0.334 e. The molecule has 1 saturated heterocycles. The van der Waals surface area contributed by atoms with E-state index in [-0.39, 0.29) is 24.1 Å². The molecular weight excluding hydrogens is 302 g/mol. The number of amides is 1. The number of likely N-dealkylation sites (tertiary alicyclic amines) is 1. The molecule has 2 heterocycles. The Hall–Kier alpha value is -2.30. The monoisotopic (exact) mass is 327 g/mol. The van der Waals surface area contributed by atoms with E-state index >= 15 is 0 Å². The van der Waals surface area contributed by atoms with Gasteiger partial charge in [-0.05, 0) is 57.2 Å². The Morgan fingerprint density at radius 2 is 1.96 bits per heavy atom. The summed E-state index contributed by atoms with van der Waals surface area (Å²) in [5.74, 6) is -0.000854. The van der Waals surface area contributed by atoms with E-state index in [0.29, 0.717) is 5.56 Å². The van der Waals surface area contributed by atoms with Gasteiger partial charge in [-0.3, -0.25) is 14.7 Å².